The predicted octanol–water partition coefficient (Wildman–Crippen LogP) is 0.469. The summed E-state index contributed by atoms with van der Waals surface area (Å²) >= 11 is 0. The van der Waals surface area contributed by atoms with E-state index in [1.54, 1.807) is 20.1 Å². The van der Waals surface area contributed by atoms with E-state index in [-0.39, 0.29) is 11.8 Å². The highest BCUT2D eigenvalue weighted by Crippen LogP contribution is 2.08. The van der Waals surface area contributed by atoms with Crippen LogP contribution in [0.1, 0.15) is 18.9 Å². The Balaban J connectivity index is 2.31. The Morgan fingerprint density at radius 2 is 2.14 bits per heavy atom. The molecule has 0 aliphatic heterocycles. The largest absolute Gasteiger partial charge is 0.399 e. The molecule has 1 aromatic rings. The second-order valence-electron chi connectivity index (χ2n) is 4.82. The number of aryl methyl sites for hydroxylation is 1. The smallest absolute Gasteiger partial charge is 0.242 e. The van der Waals surface area contributed by atoms with Gasteiger partial charge < -0.3 is 21.1 Å². The van der Waals surface area contributed by atoms with Crippen molar-refractivity contribution in [2.75, 3.05) is 26.0 Å². The lowest BCUT2D eigenvalue weighted by atomic mass is 10.1. The monoisotopic (exact) mass is 293 g/mol. The summed E-state index contributed by atoms with van der Waals surface area (Å²) in [5.41, 5.74) is 7.36. The highest BCUT2D eigenvalue weighted by molar-refractivity contribution is 5.87. The Kier molecular flexibility index (Phi) is 7.25. The highest BCUT2D eigenvalue weighted by atomic mass is 16.5. The number of rotatable bonds is 8. The van der Waals surface area contributed by atoms with Gasteiger partial charge >= 0.3 is 0 Å². The molecule has 0 saturated heterocycles. The van der Waals surface area contributed by atoms with Gasteiger partial charge in [-0.3, -0.25) is 9.59 Å². The maximum Gasteiger partial charge on any atom is 0.242 e. The van der Waals surface area contributed by atoms with Gasteiger partial charge in [-0.25, -0.2) is 0 Å². The number of benzene rings is 1. The Morgan fingerprint density at radius 1 is 1.38 bits per heavy atom. The average Bonchev–Trinajstić information content (AvgIpc) is 2.45. The second-order valence-corrected chi connectivity index (χ2v) is 4.82. The van der Waals surface area contributed by atoms with Crippen LogP contribution in [0.2, 0.25) is 0 Å². The molecule has 0 saturated carbocycles. The molecule has 0 spiro atoms. The molecule has 0 heterocycles. The van der Waals surface area contributed by atoms with Crippen molar-refractivity contribution in [3.8, 4) is 0 Å². The first kappa shape index (κ1) is 17.0. The minimum absolute atomic E-state index is 0.160. The Bertz CT molecular complexity index is 477. The lowest BCUT2D eigenvalue weighted by Gasteiger charge is -2.14. The number of carbonyl (C=O) groups excluding carboxylic acids is 2. The Hall–Kier alpha value is -2.08. The van der Waals surface area contributed by atoms with E-state index in [1.165, 1.54) is 0 Å². The standard InChI is InChI=1S/C15H23N3O3/c1-11(15(20)17-8-9-21-2)18-14(19)7-6-12-4-3-5-13(16)10-12/h3-5,10-11H,6-9,16H2,1-2H3,(H,17,20)(H,18,19). The summed E-state index contributed by atoms with van der Waals surface area (Å²) in [5, 5.41) is 5.34. The van der Waals surface area contributed by atoms with E-state index >= 15 is 0 Å². The molecule has 116 valence electrons. The number of nitrogens with two attached hydrogens (primary N) is 1. The van der Waals surface area contributed by atoms with E-state index in [9.17, 15) is 9.59 Å². The van der Waals surface area contributed by atoms with Crippen molar-refractivity contribution in [3.63, 3.8) is 0 Å². The number of carbonyl (C=O) groups is 2. The van der Waals surface area contributed by atoms with Crippen molar-refractivity contribution in [2.45, 2.75) is 25.8 Å². The molecule has 0 aromatic heterocycles. The number of hydrogen-bond acceptors (Lipinski definition) is 4. The van der Waals surface area contributed by atoms with Crippen molar-refractivity contribution in [1.82, 2.24) is 10.6 Å². The lowest BCUT2D eigenvalue weighted by Crippen LogP contribution is -2.45. The highest BCUT2D eigenvalue weighted by Gasteiger charge is 2.14. The number of ether oxygens (including phenoxy) is 1. The molecule has 6 nitrogen and oxygen atoms in total. The van der Waals surface area contributed by atoms with Crippen LogP contribution >= 0.6 is 0 Å². The first-order chi connectivity index (χ1) is 10.0. The van der Waals surface area contributed by atoms with Gasteiger partial charge in [0, 0.05) is 25.8 Å². The fourth-order valence-electron chi connectivity index (χ4n) is 1.82. The zero-order valence-electron chi connectivity index (χ0n) is 12.5. The fraction of sp³-hybridized carbons (Fsp3) is 0.467. The molecular weight excluding hydrogens is 270 g/mol. The maximum absolute atomic E-state index is 11.8. The summed E-state index contributed by atoms with van der Waals surface area (Å²) in [5.74, 6) is -0.379. The molecule has 4 N–H and O–H groups in total. The predicted molar refractivity (Wildman–Crippen MR) is 81.7 cm³/mol. The molecule has 2 amide bonds. The summed E-state index contributed by atoms with van der Waals surface area (Å²) in [6.07, 6.45) is 0.911. The molecule has 0 aliphatic rings. The van der Waals surface area contributed by atoms with Gasteiger partial charge in [0.15, 0.2) is 0 Å². The van der Waals surface area contributed by atoms with Crippen LogP contribution in [0, 0.1) is 0 Å². The van der Waals surface area contributed by atoms with Gasteiger partial charge in [-0.2, -0.15) is 0 Å². The van der Waals surface area contributed by atoms with Crippen molar-refractivity contribution in [3.05, 3.63) is 29.8 Å². The van der Waals surface area contributed by atoms with Gasteiger partial charge in [0.1, 0.15) is 6.04 Å². The van der Waals surface area contributed by atoms with E-state index in [2.05, 4.69) is 10.6 Å². The summed E-state index contributed by atoms with van der Waals surface area (Å²) in [6.45, 7) is 2.53. The van der Waals surface area contributed by atoms with Gasteiger partial charge in [-0.15, -0.1) is 0 Å². The normalized spacial score (nSPS) is 11.7. The summed E-state index contributed by atoms with van der Waals surface area (Å²) in [6, 6.07) is 6.86. The van der Waals surface area contributed by atoms with E-state index in [1.807, 2.05) is 18.2 Å². The third kappa shape index (κ3) is 6.76. The van der Waals surface area contributed by atoms with Crippen LogP contribution in [-0.2, 0) is 20.7 Å². The minimum atomic E-state index is -0.560. The molecule has 0 aliphatic carbocycles. The third-order valence-electron chi connectivity index (χ3n) is 2.97. The first-order valence-electron chi connectivity index (χ1n) is 6.93. The summed E-state index contributed by atoms with van der Waals surface area (Å²) < 4.78 is 4.84. The Morgan fingerprint density at radius 3 is 2.81 bits per heavy atom. The minimum Gasteiger partial charge on any atom is -0.399 e. The zero-order chi connectivity index (χ0) is 15.7. The third-order valence-corrected chi connectivity index (χ3v) is 2.97. The van der Waals surface area contributed by atoms with E-state index in [0.717, 1.165) is 5.56 Å². The molecule has 1 rings (SSSR count). The molecule has 21 heavy (non-hydrogen) atoms. The van der Waals surface area contributed by atoms with Crippen LogP contribution in [0.5, 0.6) is 0 Å². The SMILES string of the molecule is COCCNC(=O)C(C)NC(=O)CCc1cccc(N)c1. The zero-order valence-corrected chi connectivity index (χ0v) is 12.5. The molecule has 1 unspecified atom stereocenters. The van der Waals surface area contributed by atoms with E-state index in [4.69, 9.17) is 10.5 Å². The fourth-order valence-corrected chi connectivity index (χ4v) is 1.82. The van der Waals surface area contributed by atoms with Gasteiger partial charge in [0.05, 0.1) is 6.61 Å². The summed E-state index contributed by atoms with van der Waals surface area (Å²) in [7, 11) is 1.56. The quantitative estimate of drug-likeness (QED) is 0.480. The molecule has 1 aromatic carbocycles. The van der Waals surface area contributed by atoms with Crippen LogP contribution in [0.25, 0.3) is 0 Å². The molecule has 0 radical (unpaired) electrons. The van der Waals surface area contributed by atoms with Crippen LogP contribution in [0.4, 0.5) is 5.69 Å². The van der Waals surface area contributed by atoms with Gasteiger partial charge in [0.25, 0.3) is 0 Å². The Labute approximate surface area is 125 Å². The second kappa shape index (κ2) is 8.97. The molecular formula is C15H23N3O3. The van der Waals surface area contributed by atoms with Crippen molar-refractivity contribution >= 4 is 17.5 Å². The molecule has 0 fully saturated rings. The lowest BCUT2D eigenvalue weighted by molar-refractivity contribution is -0.128. The van der Waals surface area contributed by atoms with Crippen molar-refractivity contribution in [2.24, 2.45) is 0 Å². The van der Waals surface area contributed by atoms with Crippen LogP contribution < -0.4 is 16.4 Å². The average molecular weight is 293 g/mol. The van der Waals surface area contributed by atoms with Crippen LogP contribution in [-0.4, -0.2) is 38.1 Å². The van der Waals surface area contributed by atoms with Crippen molar-refractivity contribution < 1.29 is 14.3 Å². The van der Waals surface area contributed by atoms with Gasteiger partial charge in [-0.05, 0) is 31.0 Å². The van der Waals surface area contributed by atoms with Gasteiger partial charge in [-0.1, -0.05) is 12.1 Å². The molecule has 6 heteroatoms. The number of nitrogen functional groups attached to an aromatic ring is 1. The number of anilines is 1. The maximum atomic E-state index is 11.8. The number of methoxy groups -OCH3 is 1. The topological polar surface area (TPSA) is 93.5 Å². The molecule has 1 atom stereocenters. The van der Waals surface area contributed by atoms with Crippen LogP contribution in [0.3, 0.4) is 0 Å². The van der Waals surface area contributed by atoms with Crippen LogP contribution in [0.15, 0.2) is 24.3 Å². The summed E-state index contributed by atoms with van der Waals surface area (Å²) in [4.78, 5) is 23.5. The number of nitrogens with one attached hydrogen (secondary N) is 2. The molecule has 0 bridgehead atoms. The number of amides is 2. The van der Waals surface area contributed by atoms with E-state index < -0.39 is 6.04 Å². The number of hydrogen-bond donors (Lipinski definition) is 3. The van der Waals surface area contributed by atoms with E-state index in [0.29, 0.717) is 31.7 Å². The van der Waals surface area contributed by atoms with Crippen molar-refractivity contribution in [1.29, 1.82) is 0 Å². The first-order valence-corrected chi connectivity index (χ1v) is 6.93. The van der Waals surface area contributed by atoms with Gasteiger partial charge in [0.2, 0.25) is 11.8 Å².